The molecule has 0 radical (unpaired) electrons. The van der Waals surface area contributed by atoms with Gasteiger partial charge in [-0.1, -0.05) is 20.8 Å². The van der Waals surface area contributed by atoms with Crippen LogP contribution in [0.3, 0.4) is 0 Å². The SMILES string of the molecule is CCCN1CCC(O[C@H](C)CCC(C)C)CC1. The van der Waals surface area contributed by atoms with Gasteiger partial charge in [-0.05, 0) is 51.5 Å². The number of piperidine rings is 1. The molecule has 1 rings (SSSR count). The Kier molecular flexibility index (Phi) is 7.14. The smallest absolute Gasteiger partial charge is 0.0603 e. The summed E-state index contributed by atoms with van der Waals surface area (Å²) in [6.07, 6.45) is 7.20. The van der Waals surface area contributed by atoms with E-state index >= 15 is 0 Å². The predicted molar refractivity (Wildman–Crippen MR) is 74.4 cm³/mol. The van der Waals surface area contributed by atoms with Crippen LogP contribution in [0.1, 0.15) is 59.8 Å². The van der Waals surface area contributed by atoms with Gasteiger partial charge >= 0.3 is 0 Å². The Bertz CT molecular complexity index is 185. The Morgan fingerprint density at radius 3 is 2.29 bits per heavy atom. The summed E-state index contributed by atoms with van der Waals surface area (Å²) in [7, 11) is 0. The minimum atomic E-state index is 0.445. The van der Waals surface area contributed by atoms with Crippen molar-refractivity contribution in [3.05, 3.63) is 0 Å². The zero-order chi connectivity index (χ0) is 12.7. The molecule has 0 bridgehead atoms. The topological polar surface area (TPSA) is 12.5 Å². The predicted octanol–water partition coefficient (Wildman–Crippen LogP) is 3.70. The lowest BCUT2D eigenvalue weighted by molar-refractivity contribution is -0.0390. The summed E-state index contributed by atoms with van der Waals surface area (Å²) < 4.78 is 6.14. The van der Waals surface area contributed by atoms with Crippen molar-refractivity contribution in [3.63, 3.8) is 0 Å². The number of ether oxygens (including phenoxy) is 1. The van der Waals surface area contributed by atoms with Gasteiger partial charge in [-0.25, -0.2) is 0 Å². The first-order valence-corrected chi connectivity index (χ1v) is 7.49. The summed E-state index contributed by atoms with van der Waals surface area (Å²) in [6, 6.07) is 0. The van der Waals surface area contributed by atoms with Crippen LogP contribution in [0.4, 0.5) is 0 Å². The van der Waals surface area contributed by atoms with Crippen LogP contribution in [-0.2, 0) is 4.74 Å². The van der Waals surface area contributed by atoms with Crippen LogP contribution in [0.25, 0.3) is 0 Å². The quantitative estimate of drug-likeness (QED) is 0.674. The standard InChI is InChI=1S/C15H31NO/c1-5-10-16-11-8-15(9-12-16)17-14(4)7-6-13(2)3/h13-15H,5-12H2,1-4H3/t14-/m1/s1. The van der Waals surface area contributed by atoms with Crippen molar-refractivity contribution >= 4 is 0 Å². The molecule has 1 atom stereocenters. The zero-order valence-corrected chi connectivity index (χ0v) is 12.2. The molecule has 1 fully saturated rings. The van der Waals surface area contributed by atoms with Crippen LogP contribution in [0.5, 0.6) is 0 Å². The molecule has 1 aliphatic heterocycles. The molecule has 17 heavy (non-hydrogen) atoms. The number of hydrogen-bond donors (Lipinski definition) is 0. The molecule has 0 aromatic rings. The second kappa shape index (κ2) is 8.10. The summed E-state index contributed by atoms with van der Waals surface area (Å²) in [5.74, 6) is 0.799. The minimum Gasteiger partial charge on any atom is -0.375 e. The van der Waals surface area contributed by atoms with Crippen molar-refractivity contribution in [2.45, 2.75) is 72.0 Å². The van der Waals surface area contributed by atoms with E-state index in [1.807, 2.05) is 0 Å². The minimum absolute atomic E-state index is 0.445. The molecule has 1 aliphatic rings. The third-order valence-electron chi connectivity index (χ3n) is 3.65. The summed E-state index contributed by atoms with van der Waals surface area (Å²) in [5.41, 5.74) is 0. The molecule has 1 heterocycles. The van der Waals surface area contributed by atoms with Gasteiger partial charge in [0.2, 0.25) is 0 Å². The van der Waals surface area contributed by atoms with Gasteiger partial charge in [-0.15, -0.1) is 0 Å². The molecule has 0 spiro atoms. The van der Waals surface area contributed by atoms with Crippen molar-refractivity contribution in [3.8, 4) is 0 Å². The first kappa shape index (κ1) is 15.0. The third-order valence-corrected chi connectivity index (χ3v) is 3.65. The Hall–Kier alpha value is -0.0800. The van der Waals surface area contributed by atoms with Gasteiger partial charge in [0.05, 0.1) is 12.2 Å². The summed E-state index contributed by atoms with van der Waals surface area (Å²) in [4.78, 5) is 2.57. The van der Waals surface area contributed by atoms with Gasteiger partial charge in [0.25, 0.3) is 0 Å². The highest BCUT2D eigenvalue weighted by molar-refractivity contribution is 4.73. The maximum atomic E-state index is 6.14. The fourth-order valence-electron chi connectivity index (χ4n) is 2.55. The molecular weight excluding hydrogens is 210 g/mol. The molecule has 0 aromatic heterocycles. The number of rotatable bonds is 7. The Balaban J connectivity index is 2.12. The third kappa shape index (κ3) is 6.42. The number of hydrogen-bond acceptors (Lipinski definition) is 2. The Morgan fingerprint density at radius 2 is 1.76 bits per heavy atom. The van der Waals surface area contributed by atoms with Crippen molar-refractivity contribution in [1.82, 2.24) is 4.90 Å². The Morgan fingerprint density at radius 1 is 1.12 bits per heavy atom. The van der Waals surface area contributed by atoms with Gasteiger partial charge in [0.1, 0.15) is 0 Å². The average molecular weight is 241 g/mol. The molecule has 0 saturated carbocycles. The second-order valence-electron chi connectivity index (χ2n) is 5.96. The number of nitrogens with zero attached hydrogens (tertiary/aromatic N) is 1. The lowest BCUT2D eigenvalue weighted by atomic mass is 10.0. The van der Waals surface area contributed by atoms with Gasteiger partial charge in [0, 0.05) is 13.1 Å². The van der Waals surface area contributed by atoms with Crippen molar-refractivity contribution in [2.24, 2.45) is 5.92 Å². The molecule has 0 aliphatic carbocycles. The van der Waals surface area contributed by atoms with E-state index in [1.54, 1.807) is 0 Å². The second-order valence-corrected chi connectivity index (χ2v) is 5.96. The van der Waals surface area contributed by atoms with E-state index in [4.69, 9.17) is 4.74 Å². The number of likely N-dealkylation sites (tertiary alicyclic amines) is 1. The molecule has 0 amide bonds. The van der Waals surface area contributed by atoms with E-state index in [1.165, 1.54) is 51.7 Å². The first-order valence-electron chi connectivity index (χ1n) is 7.49. The van der Waals surface area contributed by atoms with Crippen LogP contribution >= 0.6 is 0 Å². The van der Waals surface area contributed by atoms with Gasteiger partial charge in [0.15, 0.2) is 0 Å². The molecular formula is C15H31NO. The lowest BCUT2D eigenvalue weighted by Crippen LogP contribution is -2.38. The molecule has 2 heteroatoms. The molecule has 1 saturated heterocycles. The van der Waals surface area contributed by atoms with Crippen molar-refractivity contribution in [1.29, 1.82) is 0 Å². The highest BCUT2D eigenvalue weighted by atomic mass is 16.5. The van der Waals surface area contributed by atoms with Crippen LogP contribution in [0.15, 0.2) is 0 Å². The van der Waals surface area contributed by atoms with Gasteiger partial charge < -0.3 is 9.64 Å². The highest BCUT2D eigenvalue weighted by Crippen LogP contribution is 2.18. The highest BCUT2D eigenvalue weighted by Gasteiger charge is 2.20. The van der Waals surface area contributed by atoms with E-state index in [9.17, 15) is 0 Å². The van der Waals surface area contributed by atoms with E-state index in [-0.39, 0.29) is 0 Å². The molecule has 102 valence electrons. The van der Waals surface area contributed by atoms with Crippen LogP contribution < -0.4 is 0 Å². The van der Waals surface area contributed by atoms with E-state index < -0.39 is 0 Å². The largest absolute Gasteiger partial charge is 0.375 e. The normalized spacial score (nSPS) is 21.0. The lowest BCUT2D eigenvalue weighted by Gasteiger charge is -2.33. The molecule has 0 unspecified atom stereocenters. The fraction of sp³-hybridized carbons (Fsp3) is 1.00. The monoisotopic (exact) mass is 241 g/mol. The fourth-order valence-corrected chi connectivity index (χ4v) is 2.55. The van der Waals surface area contributed by atoms with E-state index in [2.05, 4.69) is 32.6 Å². The Labute approximate surface area is 108 Å². The van der Waals surface area contributed by atoms with Crippen LogP contribution in [0.2, 0.25) is 0 Å². The summed E-state index contributed by atoms with van der Waals surface area (Å²) in [6.45, 7) is 12.8. The van der Waals surface area contributed by atoms with Crippen molar-refractivity contribution < 1.29 is 4.74 Å². The van der Waals surface area contributed by atoms with Gasteiger partial charge in [-0.2, -0.15) is 0 Å². The molecule has 0 aromatic carbocycles. The van der Waals surface area contributed by atoms with E-state index in [0.29, 0.717) is 12.2 Å². The summed E-state index contributed by atoms with van der Waals surface area (Å²) in [5, 5.41) is 0. The van der Waals surface area contributed by atoms with Gasteiger partial charge in [-0.3, -0.25) is 0 Å². The average Bonchev–Trinajstić information content (AvgIpc) is 2.29. The zero-order valence-electron chi connectivity index (χ0n) is 12.2. The van der Waals surface area contributed by atoms with Crippen LogP contribution in [0, 0.1) is 5.92 Å². The summed E-state index contributed by atoms with van der Waals surface area (Å²) >= 11 is 0. The maximum absolute atomic E-state index is 6.14. The molecule has 0 N–H and O–H groups in total. The van der Waals surface area contributed by atoms with E-state index in [0.717, 1.165) is 5.92 Å². The molecule has 2 nitrogen and oxygen atoms in total. The van der Waals surface area contributed by atoms with Crippen molar-refractivity contribution in [2.75, 3.05) is 19.6 Å². The maximum Gasteiger partial charge on any atom is 0.0603 e. The van der Waals surface area contributed by atoms with Crippen LogP contribution in [-0.4, -0.2) is 36.7 Å². The first-order chi connectivity index (χ1) is 8.11.